The van der Waals surface area contributed by atoms with E-state index >= 15 is 0 Å². The zero-order valence-corrected chi connectivity index (χ0v) is 15.3. The van der Waals surface area contributed by atoms with Crippen LogP contribution in [-0.2, 0) is 9.53 Å². The third-order valence-corrected chi connectivity index (χ3v) is 3.84. The second-order valence-electron chi connectivity index (χ2n) is 6.49. The Morgan fingerprint density at radius 3 is 2.20 bits per heavy atom. The van der Waals surface area contributed by atoms with Crippen LogP contribution in [0.15, 0.2) is 42.7 Å². The number of para-hydroxylation sites is 1. The van der Waals surface area contributed by atoms with E-state index in [1.807, 2.05) is 58.0 Å². The summed E-state index contributed by atoms with van der Waals surface area (Å²) < 4.78 is 6.94. The molecule has 6 nitrogen and oxygen atoms in total. The lowest BCUT2D eigenvalue weighted by Gasteiger charge is -2.32. The van der Waals surface area contributed by atoms with E-state index in [9.17, 15) is 9.59 Å². The first-order valence-corrected chi connectivity index (χ1v) is 8.44. The Morgan fingerprint density at radius 1 is 1.04 bits per heavy atom. The van der Waals surface area contributed by atoms with Crippen molar-refractivity contribution in [1.82, 2.24) is 14.7 Å². The van der Waals surface area contributed by atoms with Crippen molar-refractivity contribution < 1.29 is 14.3 Å². The first kappa shape index (κ1) is 18.7. The molecular weight excluding hydrogens is 318 g/mol. The van der Waals surface area contributed by atoms with Gasteiger partial charge in [-0.1, -0.05) is 18.2 Å². The normalized spacial score (nSPS) is 12.3. The topological polar surface area (TPSA) is 64.4 Å². The number of carbonyl (C=O) groups is 2. The molecule has 1 aromatic carbocycles. The van der Waals surface area contributed by atoms with Crippen LogP contribution in [-0.4, -0.2) is 44.7 Å². The zero-order valence-electron chi connectivity index (χ0n) is 15.3. The first-order chi connectivity index (χ1) is 11.8. The van der Waals surface area contributed by atoms with E-state index in [2.05, 4.69) is 5.10 Å². The van der Waals surface area contributed by atoms with Crippen molar-refractivity contribution in [1.29, 1.82) is 0 Å². The Hall–Kier alpha value is -2.63. The van der Waals surface area contributed by atoms with Gasteiger partial charge in [-0.15, -0.1) is 0 Å². The molecular formula is C19H25N3O3. The molecule has 0 aliphatic heterocycles. The number of hydrogen-bond donors (Lipinski definition) is 0. The number of rotatable bonds is 6. The number of nitrogens with zero attached hydrogens (tertiary/aromatic N) is 3. The van der Waals surface area contributed by atoms with E-state index in [0.717, 1.165) is 5.69 Å². The molecule has 0 fully saturated rings. The van der Waals surface area contributed by atoms with Crippen LogP contribution in [0.5, 0.6) is 0 Å². The van der Waals surface area contributed by atoms with Crippen LogP contribution in [0, 0.1) is 0 Å². The molecule has 1 amide bonds. The number of carbonyl (C=O) groups excluding carboxylic acids is 2. The van der Waals surface area contributed by atoms with Crippen LogP contribution in [0.4, 0.5) is 0 Å². The first-order valence-electron chi connectivity index (χ1n) is 8.44. The molecule has 0 saturated carbocycles. The highest BCUT2D eigenvalue weighted by molar-refractivity contribution is 5.92. The van der Waals surface area contributed by atoms with E-state index in [4.69, 9.17) is 4.74 Å². The van der Waals surface area contributed by atoms with Gasteiger partial charge in [0.05, 0.1) is 17.4 Å². The van der Waals surface area contributed by atoms with Gasteiger partial charge < -0.3 is 9.64 Å². The number of esters is 1. The highest BCUT2D eigenvalue weighted by atomic mass is 16.5. The monoisotopic (exact) mass is 343 g/mol. The maximum atomic E-state index is 12.5. The Labute approximate surface area is 148 Å². The van der Waals surface area contributed by atoms with Crippen LogP contribution in [0.25, 0.3) is 5.69 Å². The maximum Gasteiger partial charge on any atom is 0.342 e. The number of aromatic nitrogens is 2. The van der Waals surface area contributed by atoms with Gasteiger partial charge in [0.15, 0.2) is 6.10 Å². The minimum absolute atomic E-state index is 0.0366. The largest absolute Gasteiger partial charge is 0.449 e. The highest BCUT2D eigenvalue weighted by Gasteiger charge is 2.28. The summed E-state index contributed by atoms with van der Waals surface area (Å²) in [5.74, 6) is -0.760. The summed E-state index contributed by atoms with van der Waals surface area (Å²) in [5, 5.41) is 4.17. The lowest BCUT2D eigenvalue weighted by Crippen LogP contribution is -2.47. The second-order valence-corrected chi connectivity index (χ2v) is 6.49. The molecule has 1 aromatic heterocycles. The van der Waals surface area contributed by atoms with Gasteiger partial charge in [-0.05, 0) is 46.8 Å². The predicted octanol–water partition coefficient (Wildman–Crippen LogP) is 3.06. The summed E-state index contributed by atoms with van der Waals surface area (Å²) in [5.41, 5.74) is 1.15. The highest BCUT2D eigenvalue weighted by Crippen LogP contribution is 2.13. The summed E-state index contributed by atoms with van der Waals surface area (Å²) >= 11 is 0. The predicted molar refractivity (Wildman–Crippen MR) is 95.6 cm³/mol. The van der Waals surface area contributed by atoms with Crippen molar-refractivity contribution >= 4 is 11.9 Å². The van der Waals surface area contributed by atoms with Crippen molar-refractivity contribution in [3.63, 3.8) is 0 Å². The SMILES string of the molecule is CC(C)N(C(=O)[C@H](C)OC(=O)c1cnn(-c2ccccc2)c1)C(C)C. The number of amides is 1. The van der Waals surface area contributed by atoms with Crippen molar-refractivity contribution in [3.05, 3.63) is 48.3 Å². The molecule has 0 spiro atoms. The molecule has 2 rings (SSSR count). The van der Waals surface area contributed by atoms with Crippen LogP contribution < -0.4 is 0 Å². The van der Waals surface area contributed by atoms with E-state index in [1.165, 1.54) is 6.20 Å². The van der Waals surface area contributed by atoms with E-state index in [1.54, 1.807) is 22.7 Å². The molecule has 1 heterocycles. The van der Waals surface area contributed by atoms with Gasteiger partial charge in [-0.25, -0.2) is 9.48 Å². The molecule has 0 saturated heterocycles. The molecule has 25 heavy (non-hydrogen) atoms. The van der Waals surface area contributed by atoms with Crippen LogP contribution in [0.3, 0.4) is 0 Å². The molecule has 0 aliphatic carbocycles. The fraction of sp³-hybridized carbons (Fsp3) is 0.421. The van der Waals surface area contributed by atoms with Crippen LogP contribution in [0.1, 0.15) is 45.0 Å². The average Bonchev–Trinajstić information content (AvgIpc) is 3.05. The van der Waals surface area contributed by atoms with E-state index in [0.29, 0.717) is 5.56 Å². The van der Waals surface area contributed by atoms with Crippen molar-refractivity contribution in [2.45, 2.75) is 52.8 Å². The van der Waals surface area contributed by atoms with E-state index < -0.39 is 12.1 Å². The summed E-state index contributed by atoms with van der Waals surface area (Å²) in [6, 6.07) is 9.54. The maximum absolute atomic E-state index is 12.5. The minimum Gasteiger partial charge on any atom is -0.449 e. The Morgan fingerprint density at radius 2 is 1.64 bits per heavy atom. The van der Waals surface area contributed by atoms with Gasteiger partial charge in [0.2, 0.25) is 0 Å². The van der Waals surface area contributed by atoms with Gasteiger partial charge in [0.25, 0.3) is 5.91 Å². The molecule has 2 aromatic rings. The average molecular weight is 343 g/mol. The lowest BCUT2D eigenvalue weighted by atomic mass is 10.2. The van der Waals surface area contributed by atoms with Gasteiger partial charge in [-0.2, -0.15) is 5.10 Å². The molecule has 0 aliphatic rings. The van der Waals surface area contributed by atoms with Gasteiger partial charge >= 0.3 is 5.97 Å². The fourth-order valence-corrected chi connectivity index (χ4v) is 2.74. The van der Waals surface area contributed by atoms with Gasteiger partial charge in [-0.3, -0.25) is 4.79 Å². The van der Waals surface area contributed by atoms with Gasteiger partial charge in [0.1, 0.15) is 0 Å². The van der Waals surface area contributed by atoms with Crippen molar-refractivity contribution in [3.8, 4) is 5.69 Å². The smallest absolute Gasteiger partial charge is 0.342 e. The minimum atomic E-state index is -0.850. The standard InChI is InChI=1S/C19H25N3O3/c1-13(2)22(14(3)4)18(23)15(5)25-19(24)16-11-20-21(12-16)17-9-7-6-8-10-17/h6-15H,1-5H3/t15-/m0/s1. The number of ether oxygens (including phenoxy) is 1. The van der Waals surface area contributed by atoms with Crippen molar-refractivity contribution in [2.75, 3.05) is 0 Å². The van der Waals surface area contributed by atoms with Crippen LogP contribution in [0.2, 0.25) is 0 Å². The lowest BCUT2D eigenvalue weighted by molar-refractivity contribution is -0.143. The summed E-state index contributed by atoms with van der Waals surface area (Å²) in [6.07, 6.45) is 2.18. The third-order valence-electron chi connectivity index (χ3n) is 3.84. The zero-order chi connectivity index (χ0) is 18.6. The summed E-state index contributed by atoms with van der Waals surface area (Å²) in [4.78, 5) is 26.6. The molecule has 0 N–H and O–H groups in total. The van der Waals surface area contributed by atoms with Gasteiger partial charge in [0, 0.05) is 18.3 Å². The Kier molecular flexibility index (Phi) is 5.96. The molecule has 0 bridgehead atoms. The number of benzene rings is 1. The van der Waals surface area contributed by atoms with E-state index in [-0.39, 0.29) is 18.0 Å². The molecule has 134 valence electrons. The molecule has 6 heteroatoms. The Bertz CT molecular complexity index is 715. The summed E-state index contributed by atoms with van der Waals surface area (Å²) in [7, 11) is 0. The Balaban J connectivity index is 2.07. The molecule has 1 atom stereocenters. The fourth-order valence-electron chi connectivity index (χ4n) is 2.74. The quantitative estimate of drug-likeness (QED) is 0.756. The van der Waals surface area contributed by atoms with Crippen LogP contribution >= 0.6 is 0 Å². The molecule has 0 unspecified atom stereocenters. The summed E-state index contributed by atoms with van der Waals surface area (Å²) in [6.45, 7) is 9.36. The number of hydrogen-bond acceptors (Lipinski definition) is 4. The third kappa shape index (κ3) is 4.47. The second kappa shape index (κ2) is 7.96. The molecule has 0 radical (unpaired) electrons. The van der Waals surface area contributed by atoms with Crippen molar-refractivity contribution in [2.24, 2.45) is 0 Å².